The van der Waals surface area contributed by atoms with E-state index in [1.165, 1.54) is 4.90 Å². The minimum atomic E-state index is -1.09. The Bertz CT molecular complexity index is 1110. The molecule has 0 aromatic heterocycles. The van der Waals surface area contributed by atoms with Crippen molar-refractivity contribution in [1.82, 2.24) is 4.90 Å². The van der Waals surface area contributed by atoms with E-state index in [2.05, 4.69) is 4.90 Å². The Kier molecular flexibility index (Phi) is 3.44. The number of carbonyl (C=O) groups excluding carboxylic acids is 3. The fraction of sp³-hybridized carbons (Fsp3) is 0.375. The van der Waals surface area contributed by atoms with Crippen molar-refractivity contribution < 1.29 is 14.4 Å². The summed E-state index contributed by atoms with van der Waals surface area (Å²) in [5, 5.41) is 0. The number of fused-ring (bicyclic) bond motifs is 7. The molecule has 6 nitrogen and oxygen atoms in total. The van der Waals surface area contributed by atoms with Gasteiger partial charge >= 0.3 is 0 Å². The number of hydrogen-bond donors (Lipinski definition) is 0. The van der Waals surface area contributed by atoms with Gasteiger partial charge in [0.25, 0.3) is 5.91 Å². The van der Waals surface area contributed by atoms with Crippen molar-refractivity contribution in [2.75, 3.05) is 23.4 Å². The molecule has 0 bridgehead atoms. The zero-order chi connectivity index (χ0) is 20.8. The summed E-state index contributed by atoms with van der Waals surface area (Å²) in [6.07, 6.45) is 1.77. The third kappa shape index (κ3) is 1.86. The van der Waals surface area contributed by atoms with E-state index in [-0.39, 0.29) is 23.8 Å². The summed E-state index contributed by atoms with van der Waals surface area (Å²) in [6.45, 7) is 2.74. The van der Waals surface area contributed by atoms with Gasteiger partial charge in [-0.3, -0.25) is 19.3 Å². The second kappa shape index (κ2) is 5.79. The molecule has 4 unspecified atom stereocenters. The molecule has 4 heterocycles. The van der Waals surface area contributed by atoms with E-state index in [0.29, 0.717) is 5.69 Å². The quantitative estimate of drug-likeness (QED) is 0.689. The van der Waals surface area contributed by atoms with Gasteiger partial charge in [-0.1, -0.05) is 35.9 Å². The highest BCUT2D eigenvalue weighted by atomic mass is 16.2. The van der Waals surface area contributed by atoms with Crippen LogP contribution in [-0.4, -0.2) is 42.3 Å². The molecular weight excluding hydrogens is 378 g/mol. The molecule has 2 aromatic carbocycles. The minimum Gasteiger partial charge on any atom is -0.313 e. The van der Waals surface area contributed by atoms with Gasteiger partial charge in [-0.25, -0.2) is 4.90 Å². The summed E-state index contributed by atoms with van der Waals surface area (Å²) in [6, 6.07) is 15.0. The van der Waals surface area contributed by atoms with Crippen molar-refractivity contribution >= 4 is 29.1 Å². The highest BCUT2D eigenvalue weighted by molar-refractivity contribution is 6.26. The van der Waals surface area contributed by atoms with Crippen molar-refractivity contribution in [3.05, 3.63) is 59.7 Å². The number of amides is 3. The van der Waals surface area contributed by atoms with Crippen LogP contribution in [0.5, 0.6) is 0 Å². The lowest BCUT2D eigenvalue weighted by Crippen LogP contribution is -2.55. The van der Waals surface area contributed by atoms with Crippen LogP contribution in [0.1, 0.15) is 24.0 Å². The SMILES string of the molecule is Cc1ccc2c(c1)C1(C(=O)N2C)C2C(=O)N(c3ccccc3)C(=O)C2C2CCCN21. The predicted molar refractivity (Wildman–Crippen MR) is 112 cm³/mol. The fourth-order valence-corrected chi connectivity index (χ4v) is 6.44. The van der Waals surface area contributed by atoms with Crippen LogP contribution in [0.15, 0.2) is 48.5 Å². The number of nitrogens with zero attached hydrogens (tertiary/aromatic N) is 3. The number of imide groups is 1. The third-order valence-corrected chi connectivity index (χ3v) is 7.54. The normalized spacial score (nSPS) is 32.3. The molecule has 4 aliphatic rings. The maximum atomic E-state index is 13.9. The first kappa shape index (κ1) is 17.8. The number of anilines is 2. The summed E-state index contributed by atoms with van der Waals surface area (Å²) in [5.41, 5.74) is 2.27. The molecule has 0 aliphatic carbocycles. The first-order valence-electron chi connectivity index (χ1n) is 10.6. The second-order valence-corrected chi connectivity index (χ2v) is 8.91. The maximum Gasteiger partial charge on any atom is 0.252 e. The molecule has 3 saturated heterocycles. The summed E-state index contributed by atoms with van der Waals surface area (Å²) in [4.78, 5) is 46.5. The van der Waals surface area contributed by atoms with Gasteiger partial charge in [0.1, 0.15) is 5.54 Å². The number of aryl methyl sites for hydroxylation is 1. The smallest absolute Gasteiger partial charge is 0.252 e. The van der Waals surface area contributed by atoms with Crippen molar-refractivity contribution in [3.8, 4) is 0 Å². The van der Waals surface area contributed by atoms with Gasteiger partial charge < -0.3 is 4.90 Å². The lowest BCUT2D eigenvalue weighted by atomic mass is 9.75. The Morgan fingerprint density at radius 2 is 1.77 bits per heavy atom. The van der Waals surface area contributed by atoms with Crippen LogP contribution in [0.2, 0.25) is 0 Å². The summed E-state index contributed by atoms with van der Waals surface area (Å²) < 4.78 is 0. The van der Waals surface area contributed by atoms with E-state index in [9.17, 15) is 14.4 Å². The van der Waals surface area contributed by atoms with Gasteiger partial charge in [0.05, 0.1) is 17.5 Å². The van der Waals surface area contributed by atoms with Gasteiger partial charge in [0.2, 0.25) is 11.8 Å². The number of carbonyl (C=O) groups is 3. The molecule has 3 amide bonds. The summed E-state index contributed by atoms with van der Waals surface area (Å²) in [5.74, 6) is -1.67. The molecule has 6 heteroatoms. The zero-order valence-corrected chi connectivity index (χ0v) is 17.0. The molecule has 4 aliphatic heterocycles. The first-order valence-corrected chi connectivity index (χ1v) is 10.6. The molecule has 0 saturated carbocycles. The summed E-state index contributed by atoms with van der Waals surface area (Å²) in [7, 11) is 1.78. The van der Waals surface area contributed by atoms with Gasteiger partial charge in [-0.2, -0.15) is 0 Å². The number of benzene rings is 2. The minimum absolute atomic E-state index is 0.0797. The molecule has 0 radical (unpaired) electrons. The lowest BCUT2D eigenvalue weighted by Gasteiger charge is -2.37. The Balaban J connectivity index is 1.60. The molecule has 0 N–H and O–H groups in total. The van der Waals surface area contributed by atoms with E-state index in [1.807, 2.05) is 43.3 Å². The number of rotatable bonds is 1. The summed E-state index contributed by atoms with van der Waals surface area (Å²) >= 11 is 0. The highest BCUT2D eigenvalue weighted by Crippen LogP contribution is 2.61. The number of hydrogen-bond acceptors (Lipinski definition) is 4. The van der Waals surface area contributed by atoms with E-state index in [4.69, 9.17) is 0 Å². The van der Waals surface area contributed by atoms with Crippen LogP contribution in [0.25, 0.3) is 0 Å². The predicted octanol–water partition coefficient (Wildman–Crippen LogP) is 2.45. The molecule has 3 fully saturated rings. The standard InChI is InChI=1S/C24H23N3O3/c1-14-10-11-17-16(13-14)24(23(30)25(17)2)20-19(18-9-6-12-26(18)24)21(28)27(22(20)29)15-7-4-3-5-8-15/h3-5,7-8,10-11,13,18-20H,6,9,12H2,1-2H3. The second-order valence-electron chi connectivity index (χ2n) is 8.91. The molecule has 6 rings (SSSR count). The Hall–Kier alpha value is -2.99. The molecule has 4 atom stereocenters. The van der Waals surface area contributed by atoms with Gasteiger partial charge in [-0.15, -0.1) is 0 Å². The number of likely N-dealkylation sites (N-methyl/N-ethyl adjacent to an activating group) is 1. The van der Waals surface area contributed by atoms with Crippen molar-refractivity contribution in [2.24, 2.45) is 11.8 Å². The monoisotopic (exact) mass is 401 g/mol. The van der Waals surface area contributed by atoms with Crippen molar-refractivity contribution in [2.45, 2.75) is 31.3 Å². The largest absolute Gasteiger partial charge is 0.313 e. The van der Waals surface area contributed by atoms with Crippen LogP contribution >= 0.6 is 0 Å². The molecule has 30 heavy (non-hydrogen) atoms. The van der Waals surface area contributed by atoms with E-state index >= 15 is 0 Å². The van der Waals surface area contributed by atoms with Crippen molar-refractivity contribution in [3.63, 3.8) is 0 Å². The maximum absolute atomic E-state index is 13.9. The molecule has 152 valence electrons. The van der Waals surface area contributed by atoms with Crippen molar-refractivity contribution in [1.29, 1.82) is 0 Å². The fourth-order valence-electron chi connectivity index (χ4n) is 6.44. The van der Waals surface area contributed by atoms with E-state index < -0.39 is 17.4 Å². The zero-order valence-electron chi connectivity index (χ0n) is 17.0. The molecule has 1 spiro atoms. The first-order chi connectivity index (χ1) is 14.5. The van der Waals surface area contributed by atoms with Crippen LogP contribution in [-0.2, 0) is 19.9 Å². The molecule has 2 aromatic rings. The number of para-hydroxylation sites is 1. The van der Waals surface area contributed by atoms with Crippen LogP contribution in [0, 0.1) is 18.8 Å². The van der Waals surface area contributed by atoms with Crippen LogP contribution in [0.4, 0.5) is 11.4 Å². The average Bonchev–Trinajstić information content (AvgIpc) is 3.43. The van der Waals surface area contributed by atoms with Gasteiger partial charge in [0.15, 0.2) is 0 Å². The van der Waals surface area contributed by atoms with Gasteiger partial charge in [0, 0.05) is 24.3 Å². The van der Waals surface area contributed by atoms with Crippen LogP contribution in [0.3, 0.4) is 0 Å². The highest BCUT2D eigenvalue weighted by Gasteiger charge is 2.75. The lowest BCUT2D eigenvalue weighted by molar-refractivity contribution is -0.136. The topological polar surface area (TPSA) is 60.9 Å². The average molecular weight is 401 g/mol. The Morgan fingerprint density at radius 3 is 2.53 bits per heavy atom. The van der Waals surface area contributed by atoms with E-state index in [0.717, 1.165) is 36.2 Å². The molecular formula is C24H23N3O3. The Morgan fingerprint density at radius 1 is 1.00 bits per heavy atom. The Labute approximate surface area is 175 Å². The van der Waals surface area contributed by atoms with Crippen LogP contribution < -0.4 is 9.80 Å². The third-order valence-electron chi connectivity index (χ3n) is 7.54. The van der Waals surface area contributed by atoms with E-state index in [1.54, 1.807) is 24.1 Å². The van der Waals surface area contributed by atoms with Gasteiger partial charge in [-0.05, 0) is 44.5 Å².